The summed E-state index contributed by atoms with van der Waals surface area (Å²) >= 11 is 1.51. The van der Waals surface area contributed by atoms with Crippen molar-refractivity contribution in [3.8, 4) is 11.3 Å². The summed E-state index contributed by atoms with van der Waals surface area (Å²) in [7, 11) is 0. The standard InChI is InChI=1S/C25H23F3N6OS/c1-14-7-15(4-5-29-14)23-17-8-16-10-34(24(35)30-19(16)9-20(17)31-32-23)21-12-33(13-25(26,27)28)11-18(21)22-3-2-6-36-22/h2-9,18,21H,10-13H2,1H3,(H,30,35)(H,31,32). The lowest BCUT2D eigenvalue weighted by molar-refractivity contribution is -0.143. The molecule has 1 saturated heterocycles. The summed E-state index contributed by atoms with van der Waals surface area (Å²) in [6.07, 6.45) is -2.55. The molecule has 2 atom stereocenters. The number of halogens is 3. The number of urea groups is 1. The Kier molecular flexibility index (Phi) is 5.49. The molecule has 6 rings (SSSR count). The number of benzene rings is 1. The number of fused-ring (bicyclic) bond motifs is 2. The number of rotatable bonds is 4. The third-order valence-corrected chi connectivity index (χ3v) is 7.88. The molecule has 2 amide bonds. The molecule has 1 aromatic carbocycles. The number of H-pyrrole nitrogens is 1. The lowest BCUT2D eigenvalue weighted by atomic mass is 9.97. The Labute approximate surface area is 208 Å². The Morgan fingerprint density at radius 3 is 2.81 bits per heavy atom. The molecule has 0 saturated carbocycles. The van der Waals surface area contributed by atoms with Gasteiger partial charge in [0.2, 0.25) is 0 Å². The predicted molar refractivity (Wildman–Crippen MR) is 132 cm³/mol. The van der Waals surface area contributed by atoms with Gasteiger partial charge in [-0.05, 0) is 48.2 Å². The van der Waals surface area contributed by atoms with E-state index >= 15 is 0 Å². The van der Waals surface area contributed by atoms with Crippen LogP contribution < -0.4 is 5.32 Å². The maximum Gasteiger partial charge on any atom is 0.401 e. The summed E-state index contributed by atoms with van der Waals surface area (Å²) in [5.74, 6) is -0.187. The summed E-state index contributed by atoms with van der Waals surface area (Å²) in [5.41, 5.74) is 4.97. The van der Waals surface area contributed by atoms with Gasteiger partial charge >= 0.3 is 12.2 Å². The molecule has 2 aliphatic heterocycles. The SMILES string of the molecule is Cc1cc(-c2n[nH]c3cc4c(cc23)CN(C2CN(CC(F)(F)F)CC2c2cccs2)C(=O)N4)ccn1. The number of nitrogens with zero attached hydrogens (tertiary/aromatic N) is 4. The number of amides is 2. The molecule has 2 unspecified atom stereocenters. The minimum absolute atomic E-state index is 0.167. The van der Waals surface area contributed by atoms with Crippen molar-refractivity contribution < 1.29 is 18.0 Å². The van der Waals surface area contributed by atoms with Gasteiger partial charge in [0.25, 0.3) is 0 Å². The molecule has 1 fully saturated rings. The van der Waals surface area contributed by atoms with Gasteiger partial charge in [-0.1, -0.05) is 6.07 Å². The molecule has 0 spiro atoms. The molecule has 36 heavy (non-hydrogen) atoms. The number of aromatic amines is 1. The zero-order valence-electron chi connectivity index (χ0n) is 19.3. The molecule has 11 heteroatoms. The molecule has 3 aromatic heterocycles. The molecule has 4 aromatic rings. The average molecular weight is 513 g/mol. The number of carbonyl (C=O) groups excluding carboxylic acids is 1. The topological polar surface area (TPSA) is 77.2 Å². The number of hydrogen-bond acceptors (Lipinski definition) is 5. The quantitative estimate of drug-likeness (QED) is 0.385. The summed E-state index contributed by atoms with van der Waals surface area (Å²) in [6, 6.07) is 10.9. The van der Waals surface area contributed by atoms with Crippen LogP contribution in [0.15, 0.2) is 48.0 Å². The van der Waals surface area contributed by atoms with Gasteiger partial charge in [0.05, 0.1) is 18.1 Å². The number of anilines is 1. The Morgan fingerprint density at radius 2 is 2.06 bits per heavy atom. The van der Waals surface area contributed by atoms with E-state index in [1.54, 1.807) is 11.1 Å². The number of alkyl halides is 3. The van der Waals surface area contributed by atoms with E-state index in [1.807, 2.05) is 48.7 Å². The summed E-state index contributed by atoms with van der Waals surface area (Å²) in [6.45, 7) is 1.67. The van der Waals surface area contributed by atoms with Gasteiger partial charge in [-0.3, -0.25) is 15.0 Å². The van der Waals surface area contributed by atoms with Gasteiger partial charge < -0.3 is 10.2 Å². The number of nitrogens with one attached hydrogen (secondary N) is 2. The number of carbonyl (C=O) groups is 1. The monoisotopic (exact) mass is 512 g/mol. The molecule has 186 valence electrons. The van der Waals surface area contributed by atoms with Crippen LogP contribution in [0.4, 0.5) is 23.7 Å². The first-order valence-corrected chi connectivity index (χ1v) is 12.5. The van der Waals surface area contributed by atoms with Gasteiger partial charge in [-0.2, -0.15) is 18.3 Å². The predicted octanol–water partition coefficient (Wildman–Crippen LogP) is 5.37. The van der Waals surface area contributed by atoms with Crippen molar-refractivity contribution in [2.24, 2.45) is 0 Å². The third kappa shape index (κ3) is 4.22. The second kappa shape index (κ2) is 8.59. The van der Waals surface area contributed by atoms with Crippen LogP contribution in [0.25, 0.3) is 22.2 Å². The summed E-state index contributed by atoms with van der Waals surface area (Å²) < 4.78 is 39.6. The van der Waals surface area contributed by atoms with Crippen LogP contribution in [0.1, 0.15) is 22.1 Å². The van der Waals surface area contributed by atoms with Gasteiger partial charge in [-0.25, -0.2) is 4.79 Å². The van der Waals surface area contributed by atoms with Crippen molar-refractivity contribution in [1.82, 2.24) is 25.0 Å². The van der Waals surface area contributed by atoms with E-state index in [2.05, 4.69) is 20.5 Å². The van der Waals surface area contributed by atoms with Crippen LogP contribution in [-0.4, -0.2) is 62.9 Å². The molecule has 7 nitrogen and oxygen atoms in total. The van der Waals surface area contributed by atoms with Crippen molar-refractivity contribution >= 4 is 34.0 Å². The van der Waals surface area contributed by atoms with Gasteiger partial charge in [0, 0.05) is 59.0 Å². The fraction of sp³-hybridized carbons (Fsp3) is 0.320. The Balaban J connectivity index is 1.34. The van der Waals surface area contributed by atoms with E-state index < -0.39 is 12.7 Å². The lowest BCUT2D eigenvalue weighted by Crippen LogP contribution is -2.48. The minimum atomic E-state index is -4.29. The second-order valence-electron chi connectivity index (χ2n) is 9.37. The van der Waals surface area contributed by atoms with Crippen LogP contribution in [0.5, 0.6) is 0 Å². The molecule has 2 N–H and O–H groups in total. The van der Waals surface area contributed by atoms with Crippen LogP contribution in [0, 0.1) is 6.92 Å². The van der Waals surface area contributed by atoms with Crippen molar-refractivity contribution in [3.63, 3.8) is 0 Å². The summed E-state index contributed by atoms with van der Waals surface area (Å²) in [5, 5.41) is 13.3. The molecule has 0 radical (unpaired) electrons. The number of hydrogen-bond donors (Lipinski definition) is 2. The first-order valence-electron chi connectivity index (χ1n) is 11.6. The fourth-order valence-corrected chi connectivity index (χ4v) is 6.20. The van der Waals surface area contributed by atoms with Crippen LogP contribution in [-0.2, 0) is 6.54 Å². The van der Waals surface area contributed by atoms with Crippen LogP contribution in [0.3, 0.4) is 0 Å². The first-order chi connectivity index (χ1) is 17.2. The fourth-order valence-electron chi connectivity index (χ4n) is 5.33. The van der Waals surface area contributed by atoms with E-state index in [1.165, 1.54) is 16.2 Å². The van der Waals surface area contributed by atoms with Crippen molar-refractivity contribution in [1.29, 1.82) is 0 Å². The number of aromatic nitrogens is 3. The lowest BCUT2D eigenvalue weighted by Gasteiger charge is -2.36. The molecular formula is C25H23F3N6OS. The number of likely N-dealkylation sites (tertiary alicyclic amines) is 1. The highest BCUT2D eigenvalue weighted by Gasteiger charge is 2.44. The highest BCUT2D eigenvalue weighted by Crippen LogP contribution is 2.39. The van der Waals surface area contributed by atoms with Gasteiger partial charge in [0.15, 0.2) is 0 Å². The number of pyridine rings is 1. The zero-order valence-corrected chi connectivity index (χ0v) is 20.2. The highest BCUT2D eigenvalue weighted by molar-refractivity contribution is 7.10. The third-order valence-electron chi connectivity index (χ3n) is 6.88. The van der Waals surface area contributed by atoms with Crippen molar-refractivity contribution in [3.05, 3.63) is 64.1 Å². The molecule has 5 heterocycles. The Hall–Kier alpha value is -3.44. The van der Waals surface area contributed by atoms with E-state index in [0.717, 1.165) is 38.3 Å². The van der Waals surface area contributed by atoms with Crippen LogP contribution >= 0.6 is 11.3 Å². The van der Waals surface area contributed by atoms with Crippen molar-refractivity contribution in [2.75, 3.05) is 25.0 Å². The van der Waals surface area contributed by atoms with E-state index in [9.17, 15) is 18.0 Å². The number of aryl methyl sites for hydroxylation is 1. The maximum atomic E-state index is 13.2. The maximum absolute atomic E-state index is 13.2. The molecular weight excluding hydrogens is 489 g/mol. The van der Waals surface area contributed by atoms with Gasteiger partial charge in [0.1, 0.15) is 5.69 Å². The van der Waals surface area contributed by atoms with Gasteiger partial charge in [-0.15, -0.1) is 11.3 Å². The normalized spacial score (nSPS) is 20.7. The van der Waals surface area contributed by atoms with Crippen LogP contribution in [0.2, 0.25) is 0 Å². The largest absolute Gasteiger partial charge is 0.401 e. The van der Waals surface area contributed by atoms with E-state index in [4.69, 9.17) is 0 Å². The average Bonchev–Trinajstić information content (AvgIpc) is 3.56. The Morgan fingerprint density at radius 1 is 1.19 bits per heavy atom. The van der Waals surface area contributed by atoms with Crippen molar-refractivity contribution in [2.45, 2.75) is 31.6 Å². The van der Waals surface area contributed by atoms with E-state index in [0.29, 0.717) is 12.2 Å². The molecule has 0 bridgehead atoms. The minimum Gasteiger partial charge on any atom is -0.315 e. The molecule has 0 aliphatic carbocycles. The highest BCUT2D eigenvalue weighted by atomic mass is 32.1. The number of thiophene rings is 1. The Bertz CT molecular complexity index is 1430. The van der Waals surface area contributed by atoms with E-state index in [-0.39, 0.29) is 31.1 Å². The zero-order chi connectivity index (χ0) is 25.0. The first kappa shape index (κ1) is 23.0. The smallest absolute Gasteiger partial charge is 0.315 e. The summed E-state index contributed by atoms with van der Waals surface area (Å²) in [4.78, 5) is 21.5. The second-order valence-corrected chi connectivity index (χ2v) is 10.3. The molecule has 2 aliphatic rings.